The highest BCUT2D eigenvalue weighted by Gasteiger charge is 2.23. The molecular formula is C20H29FN4O. The van der Waals surface area contributed by atoms with Gasteiger partial charge in [0.2, 0.25) is 0 Å². The Hall–Kier alpha value is -1.76. The van der Waals surface area contributed by atoms with Crippen molar-refractivity contribution in [3.8, 4) is 0 Å². The Bertz CT molecular complexity index is 704. The van der Waals surface area contributed by atoms with Crippen molar-refractivity contribution in [2.24, 2.45) is 0 Å². The van der Waals surface area contributed by atoms with E-state index in [1.807, 2.05) is 16.9 Å². The molecule has 1 aromatic heterocycles. The first-order chi connectivity index (χ1) is 12.4. The molecule has 6 heteroatoms. The van der Waals surface area contributed by atoms with Crippen LogP contribution in [0.15, 0.2) is 36.7 Å². The van der Waals surface area contributed by atoms with Gasteiger partial charge in [0.1, 0.15) is 5.82 Å². The number of halogens is 1. The minimum atomic E-state index is -0.188. The molecule has 0 amide bonds. The molecule has 2 heterocycles. The monoisotopic (exact) mass is 360 g/mol. The summed E-state index contributed by atoms with van der Waals surface area (Å²) in [6.07, 6.45) is 3.99. The maximum absolute atomic E-state index is 13.7. The van der Waals surface area contributed by atoms with Crippen molar-refractivity contribution in [1.82, 2.24) is 20.0 Å². The maximum Gasteiger partial charge on any atom is 0.123 e. The van der Waals surface area contributed by atoms with Crippen molar-refractivity contribution in [3.05, 3.63) is 53.6 Å². The molecule has 0 radical (unpaired) electrons. The van der Waals surface area contributed by atoms with Gasteiger partial charge < -0.3 is 10.1 Å². The average molecular weight is 360 g/mol. The van der Waals surface area contributed by atoms with Gasteiger partial charge in [0.05, 0.1) is 24.9 Å². The predicted octanol–water partition coefficient (Wildman–Crippen LogP) is 2.94. The Morgan fingerprint density at radius 1 is 1.27 bits per heavy atom. The number of morpholine rings is 1. The summed E-state index contributed by atoms with van der Waals surface area (Å²) in [5, 5.41) is 7.97. The van der Waals surface area contributed by atoms with Gasteiger partial charge in [-0.05, 0) is 38.5 Å². The molecule has 1 fully saturated rings. The minimum absolute atomic E-state index is 0.0177. The fraction of sp³-hybridized carbons (Fsp3) is 0.550. The summed E-state index contributed by atoms with van der Waals surface area (Å²) in [5.41, 5.74) is 2.14. The molecule has 0 spiro atoms. The number of aromatic nitrogens is 2. The van der Waals surface area contributed by atoms with Crippen molar-refractivity contribution in [3.63, 3.8) is 0 Å². The van der Waals surface area contributed by atoms with E-state index in [0.717, 1.165) is 50.5 Å². The van der Waals surface area contributed by atoms with Crippen molar-refractivity contribution in [1.29, 1.82) is 0 Å². The average Bonchev–Trinajstić information content (AvgIpc) is 3.09. The molecule has 0 bridgehead atoms. The highest BCUT2D eigenvalue weighted by atomic mass is 19.1. The summed E-state index contributed by atoms with van der Waals surface area (Å²) in [6, 6.07) is 7.05. The van der Waals surface area contributed by atoms with Crippen molar-refractivity contribution >= 4 is 0 Å². The number of hydrogen-bond acceptors (Lipinski definition) is 4. The van der Waals surface area contributed by atoms with Gasteiger partial charge in [-0.2, -0.15) is 5.10 Å². The van der Waals surface area contributed by atoms with Crippen LogP contribution in [-0.4, -0.2) is 47.5 Å². The summed E-state index contributed by atoms with van der Waals surface area (Å²) in [4.78, 5) is 2.36. The van der Waals surface area contributed by atoms with E-state index in [-0.39, 0.29) is 17.4 Å². The van der Waals surface area contributed by atoms with E-state index in [1.54, 1.807) is 12.1 Å². The lowest BCUT2D eigenvalue weighted by atomic mass is 10.0. The Labute approximate surface area is 155 Å². The van der Waals surface area contributed by atoms with Crippen molar-refractivity contribution in [2.45, 2.75) is 38.9 Å². The largest absolute Gasteiger partial charge is 0.379 e. The van der Waals surface area contributed by atoms with E-state index in [2.05, 4.69) is 42.3 Å². The first-order valence-corrected chi connectivity index (χ1v) is 9.25. The summed E-state index contributed by atoms with van der Waals surface area (Å²) in [7, 11) is 0. The van der Waals surface area contributed by atoms with Crippen LogP contribution in [-0.2, 0) is 16.8 Å². The summed E-state index contributed by atoms with van der Waals surface area (Å²) in [5.74, 6) is -0.188. The van der Waals surface area contributed by atoms with Gasteiger partial charge in [0.25, 0.3) is 0 Å². The molecule has 1 aliphatic heterocycles. The fourth-order valence-corrected chi connectivity index (χ4v) is 3.23. The van der Waals surface area contributed by atoms with Crippen LogP contribution >= 0.6 is 0 Å². The molecule has 1 N–H and O–H groups in total. The molecule has 1 aromatic carbocycles. The van der Waals surface area contributed by atoms with E-state index in [1.165, 1.54) is 6.07 Å². The molecule has 26 heavy (non-hydrogen) atoms. The Morgan fingerprint density at radius 3 is 2.69 bits per heavy atom. The van der Waals surface area contributed by atoms with Crippen LogP contribution in [0.4, 0.5) is 4.39 Å². The fourth-order valence-electron chi connectivity index (χ4n) is 3.23. The third kappa shape index (κ3) is 4.90. The molecule has 1 atom stereocenters. The molecule has 3 rings (SSSR count). The second kappa shape index (κ2) is 8.29. The lowest BCUT2D eigenvalue weighted by Crippen LogP contribution is -2.42. The lowest BCUT2D eigenvalue weighted by Gasteiger charge is -2.35. The summed E-state index contributed by atoms with van der Waals surface area (Å²) < 4.78 is 21.2. The normalized spacial score (nSPS) is 17.4. The van der Waals surface area contributed by atoms with Crippen molar-refractivity contribution < 1.29 is 9.13 Å². The third-order valence-electron chi connectivity index (χ3n) is 4.71. The Kier molecular flexibility index (Phi) is 6.06. The van der Waals surface area contributed by atoms with E-state index in [0.29, 0.717) is 0 Å². The number of nitrogens with zero attached hydrogens (tertiary/aromatic N) is 3. The number of nitrogens with one attached hydrogen (secondary N) is 1. The van der Waals surface area contributed by atoms with Crippen LogP contribution in [0.3, 0.4) is 0 Å². The maximum atomic E-state index is 13.7. The first kappa shape index (κ1) is 19.0. The van der Waals surface area contributed by atoms with Crippen molar-refractivity contribution in [2.75, 3.05) is 32.8 Å². The smallest absolute Gasteiger partial charge is 0.123 e. The highest BCUT2D eigenvalue weighted by Crippen LogP contribution is 2.22. The molecule has 1 unspecified atom stereocenters. The van der Waals surface area contributed by atoms with Gasteiger partial charge in [0.15, 0.2) is 0 Å². The number of ether oxygens (including phenoxy) is 1. The van der Waals surface area contributed by atoms with Crippen LogP contribution in [0.2, 0.25) is 0 Å². The number of benzene rings is 1. The van der Waals surface area contributed by atoms with Gasteiger partial charge in [-0.3, -0.25) is 9.58 Å². The molecule has 0 saturated carbocycles. The molecule has 0 aliphatic carbocycles. The van der Waals surface area contributed by atoms with E-state index >= 15 is 0 Å². The van der Waals surface area contributed by atoms with Crippen LogP contribution in [0.5, 0.6) is 0 Å². The van der Waals surface area contributed by atoms with Gasteiger partial charge >= 0.3 is 0 Å². The number of rotatable bonds is 6. The molecule has 2 aromatic rings. The van der Waals surface area contributed by atoms with E-state index in [4.69, 9.17) is 4.74 Å². The topological polar surface area (TPSA) is 42.3 Å². The molecule has 142 valence electrons. The molecule has 1 saturated heterocycles. The van der Waals surface area contributed by atoms with Gasteiger partial charge in [-0.25, -0.2) is 4.39 Å². The number of hydrogen-bond donors (Lipinski definition) is 1. The van der Waals surface area contributed by atoms with Crippen LogP contribution in [0.1, 0.15) is 37.9 Å². The zero-order valence-corrected chi connectivity index (χ0v) is 15.9. The van der Waals surface area contributed by atoms with Gasteiger partial charge in [-0.1, -0.05) is 12.1 Å². The SMILES string of the molecule is CC(C)(C)n1cc(CNCC(c2cccc(F)c2)N2CCOCC2)cn1. The summed E-state index contributed by atoms with van der Waals surface area (Å²) in [6.45, 7) is 11.1. The van der Waals surface area contributed by atoms with Crippen LogP contribution < -0.4 is 5.32 Å². The third-order valence-corrected chi connectivity index (χ3v) is 4.71. The van der Waals surface area contributed by atoms with Gasteiger partial charge in [-0.15, -0.1) is 0 Å². The van der Waals surface area contributed by atoms with E-state index < -0.39 is 0 Å². The quantitative estimate of drug-likeness (QED) is 0.860. The van der Waals surface area contributed by atoms with Crippen LogP contribution in [0, 0.1) is 5.82 Å². The Morgan fingerprint density at radius 2 is 2.04 bits per heavy atom. The second-order valence-corrected chi connectivity index (χ2v) is 7.81. The standard InChI is InChI=1S/C20H29FN4O/c1-20(2,3)25-15-16(13-23-25)12-22-14-19(24-7-9-26-10-8-24)17-5-4-6-18(21)11-17/h4-6,11,13,15,19,22H,7-10,12,14H2,1-3H3. The van der Waals surface area contributed by atoms with Gasteiger partial charge in [0, 0.05) is 44.0 Å². The zero-order chi connectivity index (χ0) is 18.6. The van der Waals surface area contributed by atoms with Crippen LogP contribution in [0.25, 0.3) is 0 Å². The highest BCUT2D eigenvalue weighted by molar-refractivity contribution is 5.21. The predicted molar refractivity (Wildman–Crippen MR) is 100 cm³/mol. The minimum Gasteiger partial charge on any atom is -0.379 e. The molecule has 1 aliphatic rings. The van der Waals surface area contributed by atoms with E-state index in [9.17, 15) is 4.39 Å². The second-order valence-electron chi connectivity index (χ2n) is 7.81. The lowest BCUT2D eigenvalue weighted by molar-refractivity contribution is 0.0160. The summed E-state index contributed by atoms with van der Waals surface area (Å²) >= 11 is 0. The molecular weight excluding hydrogens is 331 g/mol. The molecule has 5 nitrogen and oxygen atoms in total. The zero-order valence-electron chi connectivity index (χ0n) is 15.9. The first-order valence-electron chi connectivity index (χ1n) is 9.25. The Balaban J connectivity index is 1.65.